The lowest BCUT2D eigenvalue weighted by molar-refractivity contribution is -0.138. The van der Waals surface area contributed by atoms with Crippen LogP contribution in [0.3, 0.4) is 0 Å². The molecule has 9 heteroatoms. The average Bonchev–Trinajstić information content (AvgIpc) is 2.78. The summed E-state index contributed by atoms with van der Waals surface area (Å²) in [6.45, 7) is 5.39. The molecule has 0 radical (unpaired) electrons. The Labute approximate surface area is 183 Å². The lowest BCUT2D eigenvalue weighted by atomic mass is 10.0. The number of hydrogen-bond donors (Lipinski definition) is 1. The van der Waals surface area contributed by atoms with E-state index in [1.54, 1.807) is 19.1 Å². The van der Waals surface area contributed by atoms with Crippen molar-refractivity contribution in [3.63, 3.8) is 0 Å². The number of ether oxygens (including phenoxy) is 2. The molecule has 0 bridgehead atoms. The van der Waals surface area contributed by atoms with Gasteiger partial charge in [-0.1, -0.05) is 12.1 Å². The minimum atomic E-state index is -1.43. The number of ketones is 1. The number of carbonyl (C=O) groups excluding carboxylic acids is 2. The van der Waals surface area contributed by atoms with Gasteiger partial charge in [-0.3, -0.25) is 9.69 Å². The van der Waals surface area contributed by atoms with Crippen LogP contribution in [0.15, 0.2) is 48.2 Å². The van der Waals surface area contributed by atoms with Gasteiger partial charge in [0.25, 0.3) is 0 Å². The Morgan fingerprint density at radius 3 is 2.38 bits per heavy atom. The molecule has 0 atom stereocenters. The van der Waals surface area contributed by atoms with Crippen LogP contribution in [0.4, 0.5) is 18.9 Å². The SMILES string of the molecule is CCOC(=O)C(=CNc1ccc(CN2CCOCC2)cc1)C(=O)c1cc(F)c(F)cc1F. The number of rotatable bonds is 8. The van der Waals surface area contributed by atoms with Crippen LogP contribution in [0, 0.1) is 17.5 Å². The summed E-state index contributed by atoms with van der Waals surface area (Å²) in [6.07, 6.45) is 1.07. The minimum absolute atomic E-state index is 0.0278. The Morgan fingerprint density at radius 2 is 1.72 bits per heavy atom. The fourth-order valence-electron chi connectivity index (χ4n) is 3.15. The second kappa shape index (κ2) is 10.9. The van der Waals surface area contributed by atoms with Gasteiger partial charge in [0.15, 0.2) is 11.6 Å². The highest BCUT2D eigenvalue weighted by molar-refractivity contribution is 6.24. The molecule has 0 amide bonds. The number of nitrogens with one attached hydrogen (secondary N) is 1. The molecule has 1 aliphatic heterocycles. The first-order valence-electron chi connectivity index (χ1n) is 10.1. The van der Waals surface area contributed by atoms with E-state index in [9.17, 15) is 22.8 Å². The highest BCUT2D eigenvalue weighted by Gasteiger charge is 2.25. The molecular weight excluding hydrogens is 425 g/mol. The fraction of sp³-hybridized carbons (Fsp3) is 0.304. The molecule has 0 unspecified atom stereocenters. The van der Waals surface area contributed by atoms with E-state index >= 15 is 0 Å². The molecule has 0 aromatic heterocycles. The van der Waals surface area contributed by atoms with Gasteiger partial charge in [-0.25, -0.2) is 18.0 Å². The smallest absolute Gasteiger partial charge is 0.343 e. The molecule has 2 aromatic carbocycles. The molecule has 6 nitrogen and oxygen atoms in total. The van der Waals surface area contributed by atoms with Gasteiger partial charge in [-0.2, -0.15) is 0 Å². The van der Waals surface area contributed by atoms with Crippen molar-refractivity contribution in [2.75, 3.05) is 38.2 Å². The number of benzene rings is 2. The first-order chi connectivity index (χ1) is 15.4. The van der Waals surface area contributed by atoms with E-state index in [1.165, 1.54) is 0 Å². The lowest BCUT2D eigenvalue weighted by Gasteiger charge is -2.26. The molecule has 1 heterocycles. The third-order valence-electron chi connectivity index (χ3n) is 4.84. The van der Waals surface area contributed by atoms with Gasteiger partial charge >= 0.3 is 5.97 Å². The molecule has 0 spiro atoms. The normalized spacial score (nSPS) is 14.8. The number of esters is 1. The van der Waals surface area contributed by atoms with Crippen molar-refractivity contribution in [3.05, 3.63) is 76.7 Å². The highest BCUT2D eigenvalue weighted by atomic mass is 19.2. The van der Waals surface area contributed by atoms with Gasteiger partial charge < -0.3 is 14.8 Å². The zero-order chi connectivity index (χ0) is 23.1. The van der Waals surface area contributed by atoms with E-state index in [0.29, 0.717) is 25.0 Å². The largest absolute Gasteiger partial charge is 0.462 e. The van der Waals surface area contributed by atoms with Gasteiger partial charge in [-0.05, 0) is 30.7 Å². The maximum Gasteiger partial charge on any atom is 0.343 e. The van der Waals surface area contributed by atoms with E-state index in [0.717, 1.165) is 31.4 Å². The number of nitrogens with zero attached hydrogens (tertiary/aromatic N) is 1. The van der Waals surface area contributed by atoms with Gasteiger partial charge in [0.1, 0.15) is 11.4 Å². The summed E-state index contributed by atoms with van der Waals surface area (Å²) in [5.41, 5.74) is 0.322. The van der Waals surface area contributed by atoms with E-state index in [-0.39, 0.29) is 12.7 Å². The zero-order valence-corrected chi connectivity index (χ0v) is 17.5. The lowest BCUT2D eigenvalue weighted by Crippen LogP contribution is -2.35. The second-order valence-corrected chi connectivity index (χ2v) is 7.08. The van der Waals surface area contributed by atoms with Crippen LogP contribution in [0.25, 0.3) is 0 Å². The summed E-state index contributed by atoms with van der Waals surface area (Å²) in [5.74, 6) is -6.26. The Kier molecular flexibility index (Phi) is 8.02. The van der Waals surface area contributed by atoms with Crippen LogP contribution in [-0.4, -0.2) is 49.6 Å². The molecule has 32 heavy (non-hydrogen) atoms. The fourth-order valence-corrected chi connectivity index (χ4v) is 3.15. The third kappa shape index (κ3) is 5.95. The van der Waals surface area contributed by atoms with Crippen LogP contribution in [0.1, 0.15) is 22.8 Å². The quantitative estimate of drug-likeness (QED) is 0.166. The van der Waals surface area contributed by atoms with Gasteiger partial charge in [-0.15, -0.1) is 0 Å². The number of hydrogen-bond acceptors (Lipinski definition) is 6. The first kappa shape index (κ1) is 23.5. The molecule has 1 aliphatic rings. The van der Waals surface area contributed by atoms with E-state index < -0.39 is 40.3 Å². The molecule has 3 rings (SSSR count). The Morgan fingerprint density at radius 1 is 1.06 bits per heavy atom. The standard InChI is InChI=1S/C23H23F3N2O4/c1-2-32-23(30)18(22(29)17-11-20(25)21(26)12-19(17)24)13-27-16-5-3-15(4-6-16)14-28-7-9-31-10-8-28/h3-6,11-13,27H,2,7-10,14H2,1H3. The molecule has 1 N–H and O–H groups in total. The number of morpholine rings is 1. The van der Waals surface area contributed by atoms with Crippen molar-refractivity contribution < 1.29 is 32.2 Å². The molecule has 1 fully saturated rings. The summed E-state index contributed by atoms with van der Waals surface area (Å²) in [4.78, 5) is 27.2. The highest BCUT2D eigenvalue weighted by Crippen LogP contribution is 2.19. The van der Waals surface area contributed by atoms with Gasteiger partial charge in [0.2, 0.25) is 5.78 Å². The number of Topliss-reactive ketones (excluding diaryl/α,β-unsaturated/α-hetero) is 1. The molecule has 0 aliphatic carbocycles. The maximum atomic E-state index is 14.1. The number of carbonyl (C=O) groups is 2. The van der Waals surface area contributed by atoms with Gasteiger partial charge in [0, 0.05) is 37.6 Å². The van der Waals surface area contributed by atoms with E-state index in [2.05, 4.69) is 10.2 Å². The minimum Gasteiger partial charge on any atom is -0.462 e. The first-order valence-corrected chi connectivity index (χ1v) is 10.1. The summed E-state index contributed by atoms with van der Waals surface area (Å²) >= 11 is 0. The van der Waals surface area contributed by atoms with Crippen LogP contribution in [0.2, 0.25) is 0 Å². The Balaban J connectivity index is 1.77. The molecule has 0 saturated carbocycles. The van der Waals surface area contributed by atoms with Crippen molar-refractivity contribution in [3.8, 4) is 0 Å². The van der Waals surface area contributed by atoms with Crippen LogP contribution in [0.5, 0.6) is 0 Å². The van der Waals surface area contributed by atoms with Crippen LogP contribution < -0.4 is 5.32 Å². The molecule has 1 saturated heterocycles. The van der Waals surface area contributed by atoms with Crippen molar-refractivity contribution in [2.24, 2.45) is 0 Å². The molecular formula is C23H23F3N2O4. The predicted molar refractivity (Wildman–Crippen MR) is 112 cm³/mol. The molecule has 2 aromatic rings. The number of halogens is 3. The van der Waals surface area contributed by atoms with Crippen LogP contribution >= 0.6 is 0 Å². The second-order valence-electron chi connectivity index (χ2n) is 7.08. The van der Waals surface area contributed by atoms with Crippen molar-refractivity contribution in [2.45, 2.75) is 13.5 Å². The summed E-state index contributed by atoms with van der Waals surface area (Å²) < 4.78 is 51.0. The van der Waals surface area contributed by atoms with Gasteiger partial charge in [0.05, 0.1) is 25.4 Å². The van der Waals surface area contributed by atoms with Crippen LogP contribution in [-0.2, 0) is 20.8 Å². The van der Waals surface area contributed by atoms with E-state index in [1.807, 2.05) is 12.1 Å². The molecule has 170 valence electrons. The maximum absolute atomic E-state index is 14.1. The zero-order valence-electron chi connectivity index (χ0n) is 17.5. The summed E-state index contributed by atoms with van der Waals surface area (Å²) in [5, 5.41) is 2.80. The monoisotopic (exact) mass is 448 g/mol. The summed E-state index contributed by atoms with van der Waals surface area (Å²) in [6, 6.07) is 7.99. The van der Waals surface area contributed by atoms with E-state index in [4.69, 9.17) is 9.47 Å². The Hall–Kier alpha value is -3.17. The topological polar surface area (TPSA) is 67.9 Å². The Bertz CT molecular complexity index is 1000. The predicted octanol–water partition coefficient (Wildman–Crippen LogP) is 3.68. The van der Waals surface area contributed by atoms with Crippen molar-refractivity contribution in [1.29, 1.82) is 0 Å². The average molecular weight is 448 g/mol. The van der Waals surface area contributed by atoms with Crippen molar-refractivity contribution >= 4 is 17.4 Å². The van der Waals surface area contributed by atoms with Crippen molar-refractivity contribution in [1.82, 2.24) is 4.90 Å². The number of anilines is 1. The third-order valence-corrected chi connectivity index (χ3v) is 4.84. The summed E-state index contributed by atoms with van der Waals surface area (Å²) in [7, 11) is 0.